The second-order valence-corrected chi connectivity index (χ2v) is 8.31. The molecule has 0 aliphatic carbocycles. The van der Waals surface area contributed by atoms with Gasteiger partial charge in [0, 0.05) is 30.7 Å². The highest BCUT2D eigenvalue weighted by atomic mass is 32.2. The number of hydrogen-bond donors (Lipinski definition) is 1. The number of halogens is 1. The van der Waals surface area contributed by atoms with E-state index in [0.717, 1.165) is 18.7 Å². The Morgan fingerprint density at radius 3 is 2.07 bits per heavy atom. The van der Waals surface area contributed by atoms with Crippen LogP contribution in [0.1, 0.15) is 19.4 Å². The third kappa shape index (κ3) is 5.45. The molecule has 3 aromatic carbocycles. The molecule has 0 spiro atoms. The molecule has 0 radical (unpaired) electrons. The van der Waals surface area contributed by atoms with Gasteiger partial charge in [-0.15, -0.1) is 0 Å². The van der Waals surface area contributed by atoms with Crippen molar-refractivity contribution in [1.82, 2.24) is 0 Å². The SMILES string of the molecule is CCN(CC)c1ccc(C=Nc2ccc(S(=O)(=O)Nc3ccc(F)cc3)cc2)cc1. The predicted octanol–water partition coefficient (Wildman–Crippen LogP) is 5.22. The van der Waals surface area contributed by atoms with E-state index >= 15 is 0 Å². The summed E-state index contributed by atoms with van der Waals surface area (Å²) in [7, 11) is -3.76. The first kappa shape index (κ1) is 21.5. The average molecular weight is 426 g/mol. The van der Waals surface area contributed by atoms with Crippen LogP contribution in [0.4, 0.5) is 21.5 Å². The lowest BCUT2D eigenvalue weighted by molar-refractivity contribution is 0.601. The van der Waals surface area contributed by atoms with Crippen LogP contribution in [0.3, 0.4) is 0 Å². The quantitative estimate of drug-likeness (QED) is 0.503. The molecule has 1 N–H and O–H groups in total. The summed E-state index contributed by atoms with van der Waals surface area (Å²) in [5.41, 5.74) is 3.07. The summed E-state index contributed by atoms with van der Waals surface area (Å²) in [6.07, 6.45) is 1.74. The molecule has 7 heteroatoms. The zero-order chi connectivity index (χ0) is 21.6. The topological polar surface area (TPSA) is 61.8 Å². The molecule has 0 heterocycles. The number of nitrogens with zero attached hydrogens (tertiary/aromatic N) is 2. The Balaban J connectivity index is 1.68. The number of nitrogens with one attached hydrogen (secondary N) is 1. The second-order valence-electron chi connectivity index (χ2n) is 6.63. The molecule has 0 aliphatic heterocycles. The number of anilines is 2. The van der Waals surface area contributed by atoms with Gasteiger partial charge in [-0.05, 0) is 80.1 Å². The van der Waals surface area contributed by atoms with E-state index in [1.807, 2.05) is 12.1 Å². The molecule has 0 saturated heterocycles. The van der Waals surface area contributed by atoms with Crippen molar-refractivity contribution in [3.05, 3.63) is 84.2 Å². The fraction of sp³-hybridized carbons (Fsp3) is 0.174. The third-order valence-electron chi connectivity index (χ3n) is 4.63. The molecule has 0 bridgehead atoms. The van der Waals surface area contributed by atoms with Crippen LogP contribution in [0.5, 0.6) is 0 Å². The van der Waals surface area contributed by atoms with Crippen molar-refractivity contribution in [3.8, 4) is 0 Å². The monoisotopic (exact) mass is 425 g/mol. The van der Waals surface area contributed by atoms with Gasteiger partial charge >= 0.3 is 0 Å². The van der Waals surface area contributed by atoms with Crippen molar-refractivity contribution >= 4 is 33.3 Å². The van der Waals surface area contributed by atoms with E-state index in [4.69, 9.17) is 0 Å². The summed E-state index contributed by atoms with van der Waals surface area (Å²) in [5.74, 6) is -0.428. The molecule has 0 atom stereocenters. The maximum absolute atomic E-state index is 13.0. The van der Waals surface area contributed by atoms with Crippen molar-refractivity contribution in [1.29, 1.82) is 0 Å². The largest absolute Gasteiger partial charge is 0.372 e. The summed E-state index contributed by atoms with van der Waals surface area (Å²) in [5, 5.41) is 0. The molecular weight excluding hydrogens is 401 g/mol. The van der Waals surface area contributed by atoms with Crippen LogP contribution in [0, 0.1) is 5.82 Å². The minimum Gasteiger partial charge on any atom is -0.372 e. The second kappa shape index (κ2) is 9.54. The summed E-state index contributed by atoms with van der Waals surface area (Å²) < 4.78 is 40.3. The van der Waals surface area contributed by atoms with Gasteiger partial charge in [0.15, 0.2) is 0 Å². The van der Waals surface area contributed by atoms with Crippen LogP contribution in [0.25, 0.3) is 0 Å². The van der Waals surface area contributed by atoms with Crippen LogP contribution >= 0.6 is 0 Å². The maximum atomic E-state index is 13.0. The number of sulfonamides is 1. The lowest BCUT2D eigenvalue weighted by atomic mass is 10.2. The molecule has 0 fully saturated rings. The first-order valence-electron chi connectivity index (χ1n) is 9.69. The van der Waals surface area contributed by atoms with Crippen molar-refractivity contribution < 1.29 is 12.8 Å². The van der Waals surface area contributed by atoms with E-state index in [1.54, 1.807) is 18.3 Å². The van der Waals surface area contributed by atoms with Gasteiger partial charge in [-0.1, -0.05) is 12.1 Å². The highest BCUT2D eigenvalue weighted by molar-refractivity contribution is 7.92. The van der Waals surface area contributed by atoms with Crippen molar-refractivity contribution in [2.75, 3.05) is 22.7 Å². The highest BCUT2D eigenvalue weighted by Gasteiger charge is 2.14. The van der Waals surface area contributed by atoms with Crippen molar-refractivity contribution in [2.45, 2.75) is 18.7 Å². The smallest absolute Gasteiger partial charge is 0.261 e. The Morgan fingerprint density at radius 2 is 1.50 bits per heavy atom. The molecule has 0 aromatic heterocycles. The summed E-state index contributed by atoms with van der Waals surface area (Å²) in [4.78, 5) is 6.78. The van der Waals surface area contributed by atoms with Gasteiger partial charge < -0.3 is 4.90 Å². The lowest BCUT2D eigenvalue weighted by Gasteiger charge is -2.20. The molecule has 5 nitrogen and oxygen atoms in total. The van der Waals surface area contributed by atoms with Gasteiger partial charge in [0.2, 0.25) is 0 Å². The van der Waals surface area contributed by atoms with Crippen LogP contribution in [-0.2, 0) is 10.0 Å². The van der Waals surface area contributed by atoms with E-state index in [1.165, 1.54) is 42.1 Å². The van der Waals surface area contributed by atoms with Crippen LogP contribution in [0.2, 0.25) is 0 Å². The Morgan fingerprint density at radius 1 is 0.900 bits per heavy atom. The van der Waals surface area contributed by atoms with Crippen molar-refractivity contribution in [3.63, 3.8) is 0 Å². The van der Waals surface area contributed by atoms with Gasteiger partial charge in [-0.3, -0.25) is 9.71 Å². The standard InChI is InChI=1S/C23H24FN3O2S/c1-3-27(4-2)22-13-5-18(6-14-22)17-25-20-11-15-23(16-12-20)30(28,29)26-21-9-7-19(24)8-10-21/h5-17,26H,3-4H2,1-2H3. The van der Waals surface area contributed by atoms with Crippen LogP contribution < -0.4 is 9.62 Å². The predicted molar refractivity (Wildman–Crippen MR) is 121 cm³/mol. The number of hydrogen-bond acceptors (Lipinski definition) is 4. The average Bonchev–Trinajstić information content (AvgIpc) is 2.76. The summed E-state index contributed by atoms with van der Waals surface area (Å²) in [6, 6.07) is 19.5. The number of aliphatic imine (C=N–C) groups is 1. The van der Waals surface area contributed by atoms with Gasteiger partial charge in [-0.25, -0.2) is 12.8 Å². The van der Waals surface area contributed by atoms with Crippen LogP contribution in [0.15, 0.2) is 82.7 Å². The third-order valence-corrected chi connectivity index (χ3v) is 6.03. The first-order valence-corrected chi connectivity index (χ1v) is 11.2. The Bertz CT molecular complexity index is 1090. The Hall–Kier alpha value is -3.19. The fourth-order valence-electron chi connectivity index (χ4n) is 2.95. The van der Waals surface area contributed by atoms with Crippen LogP contribution in [-0.4, -0.2) is 27.7 Å². The molecular formula is C23H24FN3O2S. The van der Waals surface area contributed by atoms with E-state index in [0.29, 0.717) is 11.4 Å². The van der Waals surface area contributed by atoms with Gasteiger partial charge in [-0.2, -0.15) is 0 Å². The minimum absolute atomic E-state index is 0.106. The fourth-order valence-corrected chi connectivity index (χ4v) is 4.01. The molecule has 30 heavy (non-hydrogen) atoms. The summed E-state index contributed by atoms with van der Waals surface area (Å²) >= 11 is 0. The molecule has 156 valence electrons. The minimum atomic E-state index is -3.76. The molecule has 3 aromatic rings. The van der Waals surface area contributed by atoms with Gasteiger partial charge in [0.25, 0.3) is 10.0 Å². The Kier molecular flexibility index (Phi) is 6.84. The highest BCUT2D eigenvalue weighted by Crippen LogP contribution is 2.20. The maximum Gasteiger partial charge on any atom is 0.261 e. The van der Waals surface area contributed by atoms with E-state index in [2.05, 4.69) is 40.6 Å². The van der Waals surface area contributed by atoms with Crippen molar-refractivity contribution in [2.24, 2.45) is 4.99 Å². The van der Waals surface area contributed by atoms with Gasteiger partial charge in [0.05, 0.1) is 10.6 Å². The summed E-state index contributed by atoms with van der Waals surface area (Å²) in [6.45, 7) is 6.15. The molecule has 0 unspecified atom stereocenters. The molecule has 0 amide bonds. The number of benzene rings is 3. The zero-order valence-corrected chi connectivity index (χ0v) is 17.7. The first-order chi connectivity index (χ1) is 14.4. The van der Waals surface area contributed by atoms with E-state index in [9.17, 15) is 12.8 Å². The molecule has 0 aliphatic rings. The molecule has 3 rings (SSSR count). The van der Waals surface area contributed by atoms with E-state index in [-0.39, 0.29) is 4.90 Å². The Labute approximate surface area is 177 Å². The van der Waals surface area contributed by atoms with E-state index < -0.39 is 15.8 Å². The zero-order valence-electron chi connectivity index (χ0n) is 16.9. The number of rotatable bonds is 8. The lowest BCUT2D eigenvalue weighted by Crippen LogP contribution is -2.21. The molecule has 0 saturated carbocycles. The normalized spacial score (nSPS) is 11.6. The van der Waals surface area contributed by atoms with Gasteiger partial charge in [0.1, 0.15) is 5.82 Å².